The van der Waals surface area contributed by atoms with E-state index >= 15 is 0 Å². The van der Waals surface area contributed by atoms with Crippen LogP contribution in [0, 0.1) is 3.57 Å². The zero-order valence-corrected chi connectivity index (χ0v) is 14.3. The number of hydrogen-bond acceptors (Lipinski definition) is 4. The standard InChI is InChI=1S/C15H16INO5/c1-14(2)20-7-15(8-21-14,17-13(18)19)12-6-9-5-10(16)3-4-11(9)22-12/h3-6,17H,7-8H2,1-2H3,(H,18,19). The number of ether oxygens (including phenoxy) is 2. The summed E-state index contributed by atoms with van der Waals surface area (Å²) in [5.74, 6) is -0.257. The minimum absolute atomic E-state index is 0.142. The van der Waals surface area contributed by atoms with E-state index in [-0.39, 0.29) is 13.2 Å². The molecule has 7 heteroatoms. The third-order valence-corrected chi connectivity index (χ3v) is 4.30. The van der Waals surface area contributed by atoms with Crippen LogP contribution in [0.1, 0.15) is 19.6 Å². The Morgan fingerprint density at radius 1 is 1.27 bits per heavy atom. The van der Waals surface area contributed by atoms with E-state index in [9.17, 15) is 9.90 Å². The molecule has 118 valence electrons. The minimum atomic E-state index is -1.15. The van der Waals surface area contributed by atoms with Gasteiger partial charge in [0.1, 0.15) is 16.9 Å². The molecule has 3 rings (SSSR count). The molecule has 2 aromatic rings. The number of benzene rings is 1. The van der Waals surface area contributed by atoms with Crippen LogP contribution in [0.4, 0.5) is 4.79 Å². The van der Waals surface area contributed by atoms with E-state index in [2.05, 4.69) is 27.9 Å². The number of amides is 1. The van der Waals surface area contributed by atoms with Gasteiger partial charge < -0.3 is 24.3 Å². The maximum absolute atomic E-state index is 11.2. The van der Waals surface area contributed by atoms with Gasteiger partial charge in [-0.05, 0) is 60.7 Å². The van der Waals surface area contributed by atoms with E-state index in [1.165, 1.54) is 0 Å². The van der Waals surface area contributed by atoms with Crippen molar-refractivity contribution in [2.45, 2.75) is 25.2 Å². The zero-order valence-electron chi connectivity index (χ0n) is 12.2. The van der Waals surface area contributed by atoms with Gasteiger partial charge in [-0.3, -0.25) is 0 Å². The average Bonchev–Trinajstić information content (AvgIpc) is 2.84. The molecule has 0 aliphatic carbocycles. The van der Waals surface area contributed by atoms with Crippen LogP contribution in [0.5, 0.6) is 0 Å². The minimum Gasteiger partial charge on any atom is -0.465 e. The molecule has 6 nitrogen and oxygen atoms in total. The molecule has 0 unspecified atom stereocenters. The van der Waals surface area contributed by atoms with Crippen LogP contribution >= 0.6 is 22.6 Å². The van der Waals surface area contributed by atoms with Crippen molar-refractivity contribution in [2.75, 3.05) is 13.2 Å². The first kappa shape index (κ1) is 15.6. The fourth-order valence-corrected chi connectivity index (χ4v) is 2.92. The number of carbonyl (C=O) groups is 1. The molecule has 1 aliphatic rings. The van der Waals surface area contributed by atoms with E-state index in [1.54, 1.807) is 13.8 Å². The number of hydrogen-bond donors (Lipinski definition) is 2. The highest BCUT2D eigenvalue weighted by atomic mass is 127. The summed E-state index contributed by atoms with van der Waals surface area (Å²) in [6.07, 6.45) is -1.15. The molecule has 2 heterocycles. The van der Waals surface area contributed by atoms with Crippen LogP contribution in [0.3, 0.4) is 0 Å². The lowest BCUT2D eigenvalue weighted by Crippen LogP contribution is -2.58. The number of carboxylic acid groups (broad SMARTS) is 1. The summed E-state index contributed by atoms with van der Waals surface area (Å²) in [5, 5.41) is 12.6. The van der Waals surface area contributed by atoms with E-state index in [4.69, 9.17) is 13.9 Å². The van der Waals surface area contributed by atoms with Gasteiger partial charge in [0.2, 0.25) is 0 Å². The molecule has 0 radical (unpaired) electrons. The quantitative estimate of drug-likeness (QED) is 0.734. The fraction of sp³-hybridized carbons (Fsp3) is 0.400. The monoisotopic (exact) mass is 417 g/mol. The van der Waals surface area contributed by atoms with Crippen LogP contribution in [0.2, 0.25) is 0 Å². The van der Waals surface area contributed by atoms with Crippen LogP contribution in [0.15, 0.2) is 28.7 Å². The molecule has 2 N–H and O–H groups in total. The molecule has 1 saturated heterocycles. The molecule has 0 saturated carbocycles. The predicted molar refractivity (Wildman–Crippen MR) is 87.8 cm³/mol. The molecular formula is C15H16INO5. The van der Waals surface area contributed by atoms with Crippen LogP contribution in [-0.4, -0.2) is 30.2 Å². The number of furan rings is 1. The lowest BCUT2D eigenvalue weighted by molar-refractivity contribution is -0.274. The van der Waals surface area contributed by atoms with Crippen molar-refractivity contribution in [3.8, 4) is 0 Å². The van der Waals surface area contributed by atoms with E-state index in [0.29, 0.717) is 11.3 Å². The maximum Gasteiger partial charge on any atom is 0.405 e. The Kier molecular flexibility index (Phi) is 3.82. The molecule has 1 aliphatic heterocycles. The zero-order chi connectivity index (χ0) is 16.0. The van der Waals surface area contributed by atoms with Gasteiger partial charge in [0.25, 0.3) is 0 Å². The van der Waals surface area contributed by atoms with Gasteiger partial charge in [0.15, 0.2) is 5.79 Å². The second-order valence-electron chi connectivity index (χ2n) is 5.78. The summed E-state index contributed by atoms with van der Waals surface area (Å²) < 4.78 is 18.2. The summed E-state index contributed by atoms with van der Waals surface area (Å²) in [6.45, 7) is 3.86. The van der Waals surface area contributed by atoms with Gasteiger partial charge in [0, 0.05) is 8.96 Å². The van der Waals surface area contributed by atoms with Crippen molar-refractivity contribution < 1.29 is 23.8 Å². The SMILES string of the molecule is CC1(C)OCC(NC(=O)O)(c2cc3cc(I)ccc3o2)CO1. The highest BCUT2D eigenvalue weighted by molar-refractivity contribution is 14.1. The highest BCUT2D eigenvalue weighted by Crippen LogP contribution is 2.34. The fourth-order valence-electron chi connectivity index (χ4n) is 2.41. The number of rotatable bonds is 2. The van der Waals surface area contributed by atoms with Gasteiger partial charge in [-0.2, -0.15) is 0 Å². The second kappa shape index (κ2) is 5.39. The first-order chi connectivity index (χ1) is 10.3. The van der Waals surface area contributed by atoms with Gasteiger partial charge in [-0.25, -0.2) is 4.79 Å². The summed E-state index contributed by atoms with van der Waals surface area (Å²) in [4.78, 5) is 11.2. The summed E-state index contributed by atoms with van der Waals surface area (Å²) in [6, 6.07) is 7.61. The predicted octanol–water partition coefficient (Wildman–Crippen LogP) is 3.28. The van der Waals surface area contributed by atoms with Gasteiger partial charge in [0.05, 0.1) is 13.2 Å². The number of halogens is 1. The summed E-state index contributed by atoms with van der Waals surface area (Å²) in [7, 11) is 0. The average molecular weight is 417 g/mol. The summed E-state index contributed by atoms with van der Waals surface area (Å²) >= 11 is 2.22. The third kappa shape index (κ3) is 2.92. The molecule has 1 fully saturated rings. The second-order valence-corrected chi connectivity index (χ2v) is 7.03. The van der Waals surface area contributed by atoms with E-state index in [1.807, 2.05) is 24.3 Å². The molecular weight excluding hydrogens is 401 g/mol. The van der Waals surface area contributed by atoms with Crippen molar-refractivity contribution in [3.05, 3.63) is 33.6 Å². The largest absolute Gasteiger partial charge is 0.465 e. The van der Waals surface area contributed by atoms with Crippen molar-refractivity contribution >= 4 is 39.7 Å². The lowest BCUT2D eigenvalue weighted by atomic mass is 9.96. The highest BCUT2D eigenvalue weighted by Gasteiger charge is 2.45. The Bertz CT molecular complexity index is 714. The Balaban J connectivity index is 2.02. The molecule has 1 aromatic heterocycles. The Hall–Kier alpha value is -1.32. The first-order valence-corrected chi connectivity index (χ1v) is 7.86. The smallest absolute Gasteiger partial charge is 0.405 e. The molecule has 0 atom stereocenters. The molecule has 1 amide bonds. The maximum atomic E-state index is 11.2. The van der Waals surface area contributed by atoms with Gasteiger partial charge in [-0.15, -0.1) is 0 Å². The molecule has 0 bridgehead atoms. The Morgan fingerprint density at radius 3 is 2.59 bits per heavy atom. The van der Waals surface area contributed by atoms with Crippen LogP contribution in [0.25, 0.3) is 11.0 Å². The molecule has 22 heavy (non-hydrogen) atoms. The van der Waals surface area contributed by atoms with Gasteiger partial charge in [-0.1, -0.05) is 0 Å². The first-order valence-electron chi connectivity index (χ1n) is 6.78. The van der Waals surface area contributed by atoms with Crippen molar-refractivity contribution in [1.29, 1.82) is 0 Å². The Labute approximate surface area is 140 Å². The number of fused-ring (bicyclic) bond motifs is 1. The Morgan fingerprint density at radius 2 is 1.95 bits per heavy atom. The lowest BCUT2D eigenvalue weighted by Gasteiger charge is -2.41. The third-order valence-electron chi connectivity index (χ3n) is 3.63. The summed E-state index contributed by atoms with van der Waals surface area (Å²) in [5.41, 5.74) is -0.349. The van der Waals surface area contributed by atoms with E-state index in [0.717, 1.165) is 8.96 Å². The van der Waals surface area contributed by atoms with E-state index < -0.39 is 17.4 Å². The molecule has 0 spiro atoms. The van der Waals surface area contributed by atoms with Crippen LogP contribution < -0.4 is 5.32 Å². The van der Waals surface area contributed by atoms with Crippen molar-refractivity contribution in [2.24, 2.45) is 0 Å². The van der Waals surface area contributed by atoms with Crippen molar-refractivity contribution in [3.63, 3.8) is 0 Å². The normalized spacial score (nSPS) is 20.0. The topological polar surface area (TPSA) is 80.9 Å². The number of nitrogens with one attached hydrogen (secondary N) is 1. The van der Waals surface area contributed by atoms with Crippen LogP contribution in [-0.2, 0) is 15.0 Å². The van der Waals surface area contributed by atoms with Crippen molar-refractivity contribution in [1.82, 2.24) is 5.32 Å². The van der Waals surface area contributed by atoms with Gasteiger partial charge >= 0.3 is 6.09 Å². The molecule has 1 aromatic carbocycles.